The molecule has 0 heterocycles. The Kier molecular flexibility index (Phi) is 10.6. The molecule has 0 fully saturated rings. The van der Waals surface area contributed by atoms with E-state index in [2.05, 4.69) is 5.32 Å². The second-order valence-corrected chi connectivity index (χ2v) is 9.01. The molecule has 168 valence electrons. The summed E-state index contributed by atoms with van der Waals surface area (Å²) >= 11 is 13.5. The minimum absolute atomic E-state index is 0.156. The van der Waals surface area contributed by atoms with Gasteiger partial charge in [-0.3, -0.25) is 9.59 Å². The summed E-state index contributed by atoms with van der Waals surface area (Å²) in [5, 5.41) is 3.72. The number of nitrogens with zero attached hydrogens (tertiary/aromatic N) is 1. The molecule has 1 atom stereocenters. The number of nitrogens with one attached hydrogen (secondary N) is 1. The van der Waals surface area contributed by atoms with E-state index >= 15 is 0 Å². The molecule has 0 aromatic heterocycles. The van der Waals surface area contributed by atoms with Crippen molar-refractivity contribution in [2.75, 3.05) is 12.3 Å². The van der Waals surface area contributed by atoms with E-state index in [1.807, 2.05) is 6.92 Å². The van der Waals surface area contributed by atoms with Gasteiger partial charge in [-0.05, 0) is 48.7 Å². The van der Waals surface area contributed by atoms with Crippen LogP contribution in [-0.4, -0.2) is 35.1 Å². The summed E-state index contributed by atoms with van der Waals surface area (Å²) < 4.78 is 13.1. The molecule has 0 saturated carbocycles. The Morgan fingerprint density at radius 3 is 2.42 bits per heavy atom. The fraction of sp³-hybridized carbons (Fsp3) is 0.391. The molecule has 2 rings (SSSR count). The summed E-state index contributed by atoms with van der Waals surface area (Å²) in [6, 6.07) is 10.7. The minimum atomic E-state index is -0.634. The maximum absolute atomic E-state index is 13.1. The molecule has 0 saturated heterocycles. The summed E-state index contributed by atoms with van der Waals surface area (Å²) in [6.45, 7) is 4.60. The van der Waals surface area contributed by atoms with Crippen LogP contribution in [0.1, 0.15) is 37.8 Å². The Hall–Kier alpha value is -1.76. The van der Waals surface area contributed by atoms with E-state index in [0.29, 0.717) is 22.3 Å². The molecule has 8 heteroatoms. The SMILES string of the molecule is CCCCNC(=O)C(C)N(Cc1ccc(Cl)c(Cl)c1)C(=O)CSCc1ccc(F)cc1. The predicted octanol–water partition coefficient (Wildman–Crippen LogP) is 5.70. The lowest BCUT2D eigenvalue weighted by Crippen LogP contribution is -2.48. The van der Waals surface area contributed by atoms with Crippen molar-refractivity contribution >= 4 is 46.8 Å². The second-order valence-electron chi connectivity index (χ2n) is 7.21. The van der Waals surface area contributed by atoms with Crippen LogP contribution >= 0.6 is 35.0 Å². The van der Waals surface area contributed by atoms with Gasteiger partial charge in [0.2, 0.25) is 11.8 Å². The molecule has 0 aliphatic carbocycles. The van der Waals surface area contributed by atoms with E-state index in [1.165, 1.54) is 23.9 Å². The third kappa shape index (κ3) is 8.36. The highest BCUT2D eigenvalue weighted by Crippen LogP contribution is 2.24. The Morgan fingerprint density at radius 2 is 1.77 bits per heavy atom. The highest BCUT2D eigenvalue weighted by Gasteiger charge is 2.26. The van der Waals surface area contributed by atoms with Crippen LogP contribution in [-0.2, 0) is 21.9 Å². The van der Waals surface area contributed by atoms with Crippen LogP contribution in [0.5, 0.6) is 0 Å². The minimum Gasteiger partial charge on any atom is -0.354 e. The van der Waals surface area contributed by atoms with Gasteiger partial charge in [0.25, 0.3) is 0 Å². The Morgan fingerprint density at radius 1 is 1.10 bits per heavy atom. The van der Waals surface area contributed by atoms with Gasteiger partial charge in [-0.15, -0.1) is 11.8 Å². The first-order chi connectivity index (χ1) is 14.8. The van der Waals surface area contributed by atoms with Gasteiger partial charge in [-0.1, -0.05) is 54.7 Å². The molecule has 2 aromatic carbocycles. The van der Waals surface area contributed by atoms with Gasteiger partial charge in [-0.2, -0.15) is 0 Å². The van der Waals surface area contributed by atoms with Crippen molar-refractivity contribution in [3.8, 4) is 0 Å². The van der Waals surface area contributed by atoms with E-state index in [9.17, 15) is 14.0 Å². The largest absolute Gasteiger partial charge is 0.354 e. The van der Waals surface area contributed by atoms with E-state index in [1.54, 1.807) is 42.2 Å². The van der Waals surface area contributed by atoms with Crippen molar-refractivity contribution < 1.29 is 14.0 Å². The molecule has 0 aliphatic heterocycles. The number of rotatable bonds is 11. The summed E-state index contributed by atoms with van der Waals surface area (Å²) in [4.78, 5) is 27.2. The van der Waals surface area contributed by atoms with Crippen LogP contribution in [0.3, 0.4) is 0 Å². The summed E-state index contributed by atoms with van der Waals surface area (Å²) in [5.74, 6) is 0.136. The maximum Gasteiger partial charge on any atom is 0.242 e. The Bertz CT molecular complexity index is 880. The smallest absolute Gasteiger partial charge is 0.242 e. The van der Waals surface area contributed by atoms with Gasteiger partial charge in [0, 0.05) is 18.8 Å². The molecule has 1 N–H and O–H groups in total. The highest BCUT2D eigenvalue weighted by molar-refractivity contribution is 7.99. The van der Waals surface area contributed by atoms with Crippen molar-refractivity contribution in [3.63, 3.8) is 0 Å². The first-order valence-electron chi connectivity index (χ1n) is 10.1. The van der Waals surface area contributed by atoms with E-state index < -0.39 is 6.04 Å². The van der Waals surface area contributed by atoms with Crippen molar-refractivity contribution in [3.05, 3.63) is 69.5 Å². The van der Waals surface area contributed by atoms with Gasteiger partial charge in [0.15, 0.2) is 0 Å². The lowest BCUT2D eigenvalue weighted by atomic mass is 10.1. The molecule has 4 nitrogen and oxygen atoms in total. The molecule has 0 aliphatic rings. The van der Waals surface area contributed by atoms with Crippen molar-refractivity contribution in [2.24, 2.45) is 0 Å². The number of halogens is 3. The van der Waals surface area contributed by atoms with Crippen LogP contribution < -0.4 is 5.32 Å². The molecule has 1 unspecified atom stereocenters. The summed E-state index contributed by atoms with van der Waals surface area (Å²) in [7, 11) is 0. The zero-order valence-corrected chi connectivity index (χ0v) is 20.0. The maximum atomic E-state index is 13.1. The first-order valence-corrected chi connectivity index (χ1v) is 12.1. The third-order valence-corrected chi connectivity index (χ3v) is 6.47. The topological polar surface area (TPSA) is 49.4 Å². The summed E-state index contributed by atoms with van der Waals surface area (Å²) in [5.41, 5.74) is 1.72. The van der Waals surface area contributed by atoms with Gasteiger partial charge in [0.05, 0.1) is 15.8 Å². The normalized spacial score (nSPS) is 11.8. The quantitative estimate of drug-likeness (QED) is 0.416. The fourth-order valence-corrected chi connectivity index (χ4v) is 4.06. The molecule has 2 amide bonds. The molecule has 2 aromatic rings. The zero-order valence-electron chi connectivity index (χ0n) is 17.7. The predicted molar refractivity (Wildman–Crippen MR) is 127 cm³/mol. The number of carbonyl (C=O) groups is 2. The van der Waals surface area contributed by atoms with Gasteiger partial charge in [-0.25, -0.2) is 4.39 Å². The van der Waals surface area contributed by atoms with Crippen LogP contribution in [0.15, 0.2) is 42.5 Å². The molecular formula is C23H27Cl2FN2O2S. The van der Waals surface area contributed by atoms with E-state index in [0.717, 1.165) is 24.0 Å². The molecule has 0 radical (unpaired) electrons. The average molecular weight is 485 g/mol. The fourth-order valence-electron chi connectivity index (χ4n) is 2.87. The van der Waals surface area contributed by atoms with Crippen molar-refractivity contribution in [1.29, 1.82) is 0 Å². The zero-order chi connectivity index (χ0) is 22.8. The van der Waals surface area contributed by atoms with E-state index in [4.69, 9.17) is 23.2 Å². The standard InChI is InChI=1S/C23H27Cl2FN2O2S/c1-3-4-11-27-23(30)16(2)28(13-18-7-10-20(24)21(25)12-18)22(29)15-31-14-17-5-8-19(26)9-6-17/h5-10,12,16H,3-4,11,13-15H2,1-2H3,(H,27,30). The molecule has 0 bridgehead atoms. The molecule has 0 spiro atoms. The van der Waals surface area contributed by atoms with Crippen LogP contribution in [0.2, 0.25) is 10.0 Å². The van der Waals surface area contributed by atoms with Gasteiger partial charge < -0.3 is 10.2 Å². The van der Waals surface area contributed by atoms with E-state index in [-0.39, 0.29) is 29.9 Å². The lowest BCUT2D eigenvalue weighted by molar-refractivity contribution is -0.138. The van der Waals surface area contributed by atoms with Crippen LogP contribution in [0.25, 0.3) is 0 Å². The van der Waals surface area contributed by atoms with Crippen molar-refractivity contribution in [1.82, 2.24) is 10.2 Å². The lowest BCUT2D eigenvalue weighted by Gasteiger charge is -2.29. The molecule has 31 heavy (non-hydrogen) atoms. The number of hydrogen-bond acceptors (Lipinski definition) is 3. The van der Waals surface area contributed by atoms with Crippen LogP contribution in [0.4, 0.5) is 4.39 Å². The van der Waals surface area contributed by atoms with Gasteiger partial charge >= 0.3 is 0 Å². The Labute approximate surface area is 197 Å². The monoisotopic (exact) mass is 484 g/mol. The highest BCUT2D eigenvalue weighted by atomic mass is 35.5. The number of unbranched alkanes of at least 4 members (excludes halogenated alkanes) is 1. The number of carbonyl (C=O) groups excluding carboxylic acids is 2. The number of hydrogen-bond donors (Lipinski definition) is 1. The first kappa shape index (κ1) is 25.5. The summed E-state index contributed by atoms with van der Waals surface area (Å²) in [6.07, 6.45) is 1.85. The Balaban J connectivity index is 2.06. The number of thioether (sulfide) groups is 1. The van der Waals surface area contributed by atoms with Gasteiger partial charge in [0.1, 0.15) is 11.9 Å². The number of benzene rings is 2. The van der Waals surface area contributed by atoms with Crippen molar-refractivity contribution in [2.45, 2.75) is 45.0 Å². The van der Waals surface area contributed by atoms with Crippen LogP contribution in [0, 0.1) is 5.82 Å². The molecular weight excluding hydrogens is 458 g/mol. The third-order valence-electron chi connectivity index (χ3n) is 4.74. The number of amides is 2. The average Bonchev–Trinajstić information content (AvgIpc) is 2.75. The second kappa shape index (κ2) is 12.9.